The first-order valence-electron chi connectivity index (χ1n) is 5.71. The maximum absolute atomic E-state index is 11.0. The standard InChI is InChI=1S/C14H18O4.Li.H/c1-8-7-9(14(2,3)4)5-6-10(8)11(12(15)16)13(17)18;;/h5-7,11H,1-4H3,(H,15,16)(H,17,18);;/q;+1;-1. The van der Waals surface area contributed by atoms with E-state index in [1.807, 2.05) is 26.8 Å². The van der Waals surface area contributed by atoms with Crippen LogP contribution in [0.25, 0.3) is 0 Å². The van der Waals surface area contributed by atoms with Crippen LogP contribution in [0.4, 0.5) is 0 Å². The molecule has 0 saturated carbocycles. The monoisotopic (exact) mass is 258 g/mol. The van der Waals surface area contributed by atoms with Crippen molar-refractivity contribution in [2.45, 2.75) is 39.0 Å². The largest absolute Gasteiger partial charge is 1.00 e. The Bertz CT molecular complexity index is 480. The summed E-state index contributed by atoms with van der Waals surface area (Å²) in [6.45, 7) is 7.89. The SMILES string of the molecule is Cc1cc(C(C)(C)C)ccc1C(C(=O)O)C(=O)O.[H-].[Li+]. The molecule has 0 amide bonds. The molecule has 0 unspecified atom stereocenters. The van der Waals surface area contributed by atoms with E-state index in [0.717, 1.165) is 5.56 Å². The molecule has 0 heterocycles. The van der Waals surface area contributed by atoms with Gasteiger partial charge in [-0.3, -0.25) is 9.59 Å². The summed E-state index contributed by atoms with van der Waals surface area (Å²) in [6, 6.07) is 5.25. The summed E-state index contributed by atoms with van der Waals surface area (Å²) in [5, 5.41) is 17.9. The Morgan fingerprint density at radius 2 is 1.63 bits per heavy atom. The summed E-state index contributed by atoms with van der Waals surface area (Å²) in [5.41, 5.74) is 2.03. The first kappa shape index (κ1) is 17.8. The van der Waals surface area contributed by atoms with Gasteiger partial charge in [0.2, 0.25) is 0 Å². The molecule has 0 radical (unpaired) electrons. The van der Waals surface area contributed by atoms with Crippen molar-refractivity contribution in [3.63, 3.8) is 0 Å². The molecule has 0 fully saturated rings. The fraction of sp³-hybridized carbons (Fsp3) is 0.429. The van der Waals surface area contributed by atoms with Crippen molar-refractivity contribution in [1.82, 2.24) is 0 Å². The first-order valence-corrected chi connectivity index (χ1v) is 5.71. The number of aliphatic carboxylic acids is 2. The third-order valence-corrected chi connectivity index (χ3v) is 2.94. The van der Waals surface area contributed by atoms with Gasteiger partial charge in [0.25, 0.3) is 0 Å². The summed E-state index contributed by atoms with van der Waals surface area (Å²) in [7, 11) is 0. The van der Waals surface area contributed by atoms with Gasteiger partial charge in [0.05, 0.1) is 0 Å². The zero-order valence-electron chi connectivity index (χ0n) is 13.0. The van der Waals surface area contributed by atoms with E-state index < -0.39 is 17.9 Å². The number of carbonyl (C=O) groups is 2. The van der Waals surface area contributed by atoms with Crippen LogP contribution in [0.2, 0.25) is 0 Å². The molecule has 1 rings (SSSR count). The summed E-state index contributed by atoms with van der Waals surface area (Å²) in [5.74, 6) is -4.18. The van der Waals surface area contributed by atoms with E-state index in [9.17, 15) is 9.59 Å². The van der Waals surface area contributed by atoms with Gasteiger partial charge in [-0.25, -0.2) is 0 Å². The van der Waals surface area contributed by atoms with Gasteiger partial charge < -0.3 is 11.6 Å². The molecule has 0 aliphatic carbocycles. The Labute approximate surface area is 126 Å². The van der Waals surface area contributed by atoms with E-state index in [-0.39, 0.29) is 25.7 Å². The normalized spacial score (nSPS) is 11.0. The zero-order chi connectivity index (χ0) is 14.1. The van der Waals surface area contributed by atoms with Gasteiger partial charge in [-0.05, 0) is 29.0 Å². The van der Waals surface area contributed by atoms with Crippen molar-refractivity contribution in [3.05, 3.63) is 34.9 Å². The molecule has 2 N–H and O–H groups in total. The number of carboxylic acids is 2. The molecule has 1 aromatic carbocycles. The Balaban J connectivity index is 0. The summed E-state index contributed by atoms with van der Waals surface area (Å²) in [6.07, 6.45) is 0. The fourth-order valence-corrected chi connectivity index (χ4v) is 1.84. The molecule has 1 aromatic rings. The van der Waals surface area contributed by atoms with Crippen molar-refractivity contribution >= 4 is 11.9 Å². The molecule has 0 aliphatic heterocycles. The van der Waals surface area contributed by atoms with Crippen LogP contribution in [-0.4, -0.2) is 22.2 Å². The van der Waals surface area contributed by atoms with Gasteiger partial charge >= 0.3 is 30.8 Å². The van der Waals surface area contributed by atoms with Crippen LogP contribution in [0.1, 0.15) is 44.8 Å². The smallest absolute Gasteiger partial charge is 1.00 e. The molecular formula is C14H19LiO4. The van der Waals surface area contributed by atoms with Gasteiger partial charge in [-0.1, -0.05) is 39.0 Å². The van der Waals surface area contributed by atoms with Crippen LogP contribution in [-0.2, 0) is 15.0 Å². The molecule has 0 aromatic heterocycles. The van der Waals surface area contributed by atoms with Gasteiger partial charge in [0.1, 0.15) is 0 Å². The summed E-state index contributed by atoms with van der Waals surface area (Å²) < 4.78 is 0. The Kier molecular flexibility index (Phi) is 5.86. The van der Waals surface area contributed by atoms with Crippen molar-refractivity contribution in [2.24, 2.45) is 0 Å². The predicted molar refractivity (Wildman–Crippen MR) is 69.0 cm³/mol. The zero-order valence-corrected chi connectivity index (χ0v) is 12.0. The molecule has 19 heavy (non-hydrogen) atoms. The number of aryl methyl sites for hydroxylation is 1. The van der Waals surface area contributed by atoms with Crippen LogP contribution in [0.5, 0.6) is 0 Å². The van der Waals surface area contributed by atoms with Crippen LogP contribution >= 0.6 is 0 Å². The fourth-order valence-electron chi connectivity index (χ4n) is 1.84. The van der Waals surface area contributed by atoms with Crippen LogP contribution in [0, 0.1) is 6.92 Å². The molecule has 0 atom stereocenters. The second kappa shape index (κ2) is 6.27. The van der Waals surface area contributed by atoms with Crippen LogP contribution in [0.15, 0.2) is 18.2 Å². The molecule has 0 aliphatic rings. The molecular weight excluding hydrogens is 239 g/mol. The van der Waals surface area contributed by atoms with E-state index in [1.54, 1.807) is 19.1 Å². The summed E-state index contributed by atoms with van der Waals surface area (Å²) in [4.78, 5) is 22.0. The number of carboxylic acid groups (broad SMARTS) is 2. The van der Waals surface area contributed by atoms with Gasteiger partial charge in [0.15, 0.2) is 5.92 Å². The minimum Gasteiger partial charge on any atom is -1.00 e. The summed E-state index contributed by atoms with van der Waals surface area (Å²) >= 11 is 0. The average molecular weight is 258 g/mol. The van der Waals surface area contributed by atoms with Crippen LogP contribution in [0.3, 0.4) is 0 Å². The Morgan fingerprint density at radius 3 is 1.95 bits per heavy atom. The van der Waals surface area contributed by atoms with Crippen molar-refractivity contribution < 1.29 is 40.1 Å². The van der Waals surface area contributed by atoms with Gasteiger partial charge in [-0.15, -0.1) is 0 Å². The molecule has 0 bridgehead atoms. The second-order valence-electron chi connectivity index (χ2n) is 5.43. The minimum absolute atomic E-state index is 0. The molecule has 4 nitrogen and oxygen atoms in total. The number of benzene rings is 1. The van der Waals surface area contributed by atoms with Gasteiger partial charge in [0, 0.05) is 0 Å². The van der Waals surface area contributed by atoms with E-state index in [2.05, 4.69) is 0 Å². The Morgan fingerprint density at radius 1 is 1.16 bits per heavy atom. The van der Waals surface area contributed by atoms with Crippen molar-refractivity contribution in [1.29, 1.82) is 0 Å². The van der Waals surface area contributed by atoms with Gasteiger partial charge in [-0.2, -0.15) is 0 Å². The minimum atomic E-state index is -1.50. The van der Waals surface area contributed by atoms with E-state index in [1.165, 1.54) is 0 Å². The molecule has 0 saturated heterocycles. The van der Waals surface area contributed by atoms with Crippen molar-refractivity contribution in [2.75, 3.05) is 0 Å². The molecule has 0 spiro atoms. The Hall–Kier alpha value is -1.24. The maximum atomic E-state index is 11.0. The number of hydrogen-bond donors (Lipinski definition) is 2. The number of hydrogen-bond acceptors (Lipinski definition) is 2. The third kappa shape index (κ3) is 4.12. The predicted octanol–water partition coefficient (Wildman–Crippen LogP) is -0.338. The van der Waals surface area contributed by atoms with Crippen LogP contribution < -0.4 is 18.9 Å². The number of rotatable bonds is 3. The van der Waals surface area contributed by atoms with E-state index in [4.69, 9.17) is 10.2 Å². The van der Waals surface area contributed by atoms with E-state index >= 15 is 0 Å². The first-order chi connectivity index (χ1) is 8.14. The topological polar surface area (TPSA) is 74.6 Å². The van der Waals surface area contributed by atoms with E-state index in [0.29, 0.717) is 11.1 Å². The molecule has 5 heteroatoms. The third-order valence-electron chi connectivity index (χ3n) is 2.94. The maximum Gasteiger partial charge on any atom is 1.00 e. The van der Waals surface area contributed by atoms with Crippen molar-refractivity contribution in [3.8, 4) is 0 Å². The average Bonchev–Trinajstić information content (AvgIpc) is 2.18. The quantitative estimate of drug-likeness (QED) is 0.574. The second-order valence-corrected chi connectivity index (χ2v) is 5.43. The molecule has 100 valence electrons.